The Labute approximate surface area is 117 Å². The van der Waals surface area contributed by atoms with Gasteiger partial charge in [0.1, 0.15) is 11.5 Å². The van der Waals surface area contributed by atoms with Gasteiger partial charge < -0.3 is 10.3 Å². The number of hydrogen-bond acceptors (Lipinski definition) is 1. The average molecular weight is 274 g/mol. The summed E-state index contributed by atoms with van der Waals surface area (Å²) >= 11 is 0. The van der Waals surface area contributed by atoms with Crippen LogP contribution in [0.4, 0.5) is 4.39 Å². The lowest BCUT2D eigenvalue weighted by Gasteiger charge is -2.29. The molecule has 4 heteroatoms. The van der Waals surface area contributed by atoms with Crippen LogP contribution in [0.5, 0.6) is 0 Å². The van der Waals surface area contributed by atoms with Crippen molar-refractivity contribution in [3.05, 3.63) is 35.8 Å². The van der Waals surface area contributed by atoms with Crippen molar-refractivity contribution in [2.24, 2.45) is 5.92 Å². The van der Waals surface area contributed by atoms with E-state index in [1.165, 1.54) is 31.4 Å². The van der Waals surface area contributed by atoms with Gasteiger partial charge in [-0.1, -0.05) is 19.8 Å². The number of aromatic amines is 1. The number of hydrogen-bond donors (Lipinski definition) is 2. The molecular formula is C16H19FN2O. The fourth-order valence-electron chi connectivity index (χ4n) is 3.00. The molecule has 20 heavy (non-hydrogen) atoms. The van der Waals surface area contributed by atoms with Gasteiger partial charge in [-0.2, -0.15) is 0 Å². The Hall–Kier alpha value is -1.84. The molecule has 3 rings (SSSR count). The molecule has 1 amide bonds. The number of H-pyrrole nitrogens is 1. The number of rotatable bonds is 2. The van der Waals surface area contributed by atoms with Crippen LogP contribution < -0.4 is 5.32 Å². The summed E-state index contributed by atoms with van der Waals surface area (Å²) in [5.41, 5.74) is 1.29. The van der Waals surface area contributed by atoms with Gasteiger partial charge >= 0.3 is 0 Å². The highest BCUT2D eigenvalue weighted by Crippen LogP contribution is 2.24. The maximum absolute atomic E-state index is 13.2. The van der Waals surface area contributed by atoms with Crippen LogP contribution in [0.3, 0.4) is 0 Å². The van der Waals surface area contributed by atoms with Gasteiger partial charge in [0.15, 0.2) is 0 Å². The van der Waals surface area contributed by atoms with E-state index in [0.717, 1.165) is 17.3 Å². The zero-order valence-electron chi connectivity index (χ0n) is 11.6. The normalized spacial score (nSPS) is 22.9. The lowest BCUT2D eigenvalue weighted by molar-refractivity contribution is 0.0906. The first-order valence-electron chi connectivity index (χ1n) is 7.22. The summed E-state index contributed by atoms with van der Waals surface area (Å²) in [4.78, 5) is 15.3. The smallest absolute Gasteiger partial charge is 0.267 e. The summed E-state index contributed by atoms with van der Waals surface area (Å²) in [6.07, 6.45) is 4.64. The largest absolute Gasteiger partial charge is 0.351 e. The molecule has 106 valence electrons. The van der Waals surface area contributed by atoms with E-state index in [4.69, 9.17) is 0 Å². The predicted octanol–water partition coefficient (Wildman–Crippen LogP) is 3.62. The lowest BCUT2D eigenvalue weighted by Crippen LogP contribution is -2.41. The molecule has 0 saturated heterocycles. The van der Waals surface area contributed by atoms with Crippen LogP contribution in [-0.4, -0.2) is 16.9 Å². The molecule has 3 nitrogen and oxygen atoms in total. The van der Waals surface area contributed by atoms with Crippen molar-refractivity contribution in [3.8, 4) is 0 Å². The van der Waals surface area contributed by atoms with Gasteiger partial charge in [0.25, 0.3) is 5.91 Å². The third kappa shape index (κ3) is 2.55. The van der Waals surface area contributed by atoms with Crippen LogP contribution in [0.1, 0.15) is 43.1 Å². The van der Waals surface area contributed by atoms with Crippen molar-refractivity contribution in [1.29, 1.82) is 0 Å². The molecular weight excluding hydrogens is 255 g/mol. The summed E-state index contributed by atoms with van der Waals surface area (Å²) in [6.45, 7) is 2.19. The van der Waals surface area contributed by atoms with Crippen LogP contribution in [0.15, 0.2) is 24.3 Å². The number of aromatic nitrogens is 1. The molecule has 2 unspecified atom stereocenters. The van der Waals surface area contributed by atoms with Gasteiger partial charge in [0.2, 0.25) is 0 Å². The van der Waals surface area contributed by atoms with Gasteiger partial charge in [-0.05, 0) is 43.0 Å². The standard InChI is InChI=1S/C16H19FN2O/c1-10-4-2-3-5-13(10)19-16(20)15-9-11-8-12(17)6-7-14(11)18-15/h6-10,13,18H,2-5H2,1H3,(H,19,20). The number of carbonyl (C=O) groups excluding carboxylic acids is 1. The van der Waals surface area contributed by atoms with Gasteiger partial charge in [-0.3, -0.25) is 4.79 Å². The molecule has 2 aromatic rings. The first kappa shape index (κ1) is 13.2. The van der Waals surface area contributed by atoms with Crippen LogP contribution in [0.2, 0.25) is 0 Å². The molecule has 2 atom stereocenters. The van der Waals surface area contributed by atoms with Crippen LogP contribution >= 0.6 is 0 Å². The maximum Gasteiger partial charge on any atom is 0.267 e. The minimum Gasteiger partial charge on any atom is -0.351 e. The number of benzene rings is 1. The summed E-state index contributed by atoms with van der Waals surface area (Å²) in [6, 6.07) is 6.45. The van der Waals surface area contributed by atoms with Gasteiger partial charge in [0.05, 0.1) is 0 Å². The minimum absolute atomic E-state index is 0.0969. The summed E-state index contributed by atoms with van der Waals surface area (Å²) in [5, 5.41) is 3.83. The lowest BCUT2D eigenvalue weighted by atomic mass is 9.86. The second-order valence-electron chi connectivity index (χ2n) is 5.76. The number of fused-ring (bicyclic) bond motifs is 1. The topological polar surface area (TPSA) is 44.9 Å². The zero-order valence-corrected chi connectivity index (χ0v) is 11.6. The number of carbonyl (C=O) groups is 1. The second kappa shape index (κ2) is 5.27. The van der Waals surface area contributed by atoms with Crippen molar-refractivity contribution in [2.45, 2.75) is 38.6 Å². The Morgan fingerprint density at radius 2 is 2.10 bits per heavy atom. The van der Waals surface area contributed by atoms with Crippen molar-refractivity contribution in [3.63, 3.8) is 0 Å². The Bertz CT molecular complexity index is 634. The van der Waals surface area contributed by atoms with Crippen molar-refractivity contribution in [2.75, 3.05) is 0 Å². The molecule has 1 aromatic heterocycles. The van der Waals surface area contributed by atoms with Gasteiger partial charge in [-0.25, -0.2) is 4.39 Å². The molecule has 1 aromatic carbocycles. The molecule has 0 bridgehead atoms. The number of halogens is 1. The van der Waals surface area contributed by atoms with Crippen LogP contribution in [0, 0.1) is 11.7 Å². The van der Waals surface area contributed by atoms with Crippen molar-refractivity contribution < 1.29 is 9.18 Å². The van der Waals surface area contributed by atoms with E-state index < -0.39 is 0 Å². The summed E-state index contributed by atoms with van der Waals surface area (Å²) in [5.74, 6) is 0.138. The molecule has 1 fully saturated rings. The van der Waals surface area contributed by atoms with E-state index in [1.54, 1.807) is 12.1 Å². The fourth-order valence-corrected chi connectivity index (χ4v) is 3.00. The second-order valence-corrected chi connectivity index (χ2v) is 5.76. The summed E-state index contributed by atoms with van der Waals surface area (Å²) < 4.78 is 13.2. The van der Waals surface area contributed by atoms with E-state index in [-0.39, 0.29) is 17.8 Å². The Balaban J connectivity index is 1.78. The maximum atomic E-state index is 13.2. The minimum atomic E-state index is -0.288. The quantitative estimate of drug-likeness (QED) is 0.863. The molecule has 1 aliphatic carbocycles. The predicted molar refractivity (Wildman–Crippen MR) is 77.1 cm³/mol. The third-order valence-electron chi connectivity index (χ3n) is 4.26. The Kier molecular flexibility index (Phi) is 3.47. The Morgan fingerprint density at radius 1 is 1.30 bits per heavy atom. The monoisotopic (exact) mass is 274 g/mol. The van der Waals surface area contributed by atoms with E-state index in [0.29, 0.717) is 11.6 Å². The molecule has 2 N–H and O–H groups in total. The molecule has 1 aliphatic rings. The average Bonchev–Trinajstić information content (AvgIpc) is 2.84. The molecule has 0 radical (unpaired) electrons. The first-order valence-corrected chi connectivity index (χ1v) is 7.22. The molecule has 1 saturated carbocycles. The fraction of sp³-hybridized carbons (Fsp3) is 0.438. The highest BCUT2D eigenvalue weighted by atomic mass is 19.1. The number of amides is 1. The van der Waals surface area contributed by atoms with Gasteiger partial charge in [0, 0.05) is 16.9 Å². The third-order valence-corrected chi connectivity index (χ3v) is 4.26. The zero-order chi connectivity index (χ0) is 14.1. The first-order chi connectivity index (χ1) is 9.63. The summed E-state index contributed by atoms with van der Waals surface area (Å²) in [7, 11) is 0. The van der Waals surface area contributed by atoms with Crippen LogP contribution in [-0.2, 0) is 0 Å². The molecule has 0 spiro atoms. The molecule has 0 aliphatic heterocycles. The highest BCUT2D eigenvalue weighted by Gasteiger charge is 2.23. The number of nitrogens with one attached hydrogen (secondary N) is 2. The van der Waals surface area contributed by atoms with Crippen LogP contribution in [0.25, 0.3) is 10.9 Å². The van der Waals surface area contributed by atoms with E-state index in [1.807, 2.05) is 0 Å². The SMILES string of the molecule is CC1CCCCC1NC(=O)c1cc2cc(F)ccc2[nH]1. The van der Waals surface area contributed by atoms with E-state index in [9.17, 15) is 9.18 Å². The van der Waals surface area contributed by atoms with Gasteiger partial charge in [-0.15, -0.1) is 0 Å². The van der Waals surface area contributed by atoms with E-state index >= 15 is 0 Å². The highest BCUT2D eigenvalue weighted by molar-refractivity contribution is 5.98. The van der Waals surface area contributed by atoms with Crippen molar-refractivity contribution in [1.82, 2.24) is 10.3 Å². The Morgan fingerprint density at radius 3 is 2.90 bits per heavy atom. The molecule has 1 heterocycles. The van der Waals surface area contributed by atoms with E-state index in [2.05, 4.69) is 17.2 Å². The van der Waals surface area contributed by atoms with Crippen molar-refractivity contribution >= 4 is 16.8 Å².